The summed E-state index contributed by atoms with van der Waals surface area (Å²) in [6, 6.07) is 0.602. The number of aryl methyl sites for hydroxylation is 1. The number of rotatable bonds is 4. The number of carbonyl (C=O) groups excluding carboxylic acids is 1. The van der Waals surface area contributed by atoms with Crippen molar-refractivity contribution in [2.24, 2.45) is 13.0 Å². The molecule has 1 unspecified atom stereocenters. The molecule has 1 aliphatic carbocycles. The van der Waals surface area contributed by atoms with Gasteiger partial charge in [-0.3, -0.25) is 4.79 Å². The SMILES string of the molecule is CN1C(=O)CC[C@H](CNC2CCOC3(CCC3)C2)[C@H]1c1nccn1C. The Hall–Kier alpha value is -1.40. The lowest BCUT2D eigenvalue weighted by Crippen LogP contribution is -2.52. The lowest BCUT2D eigenvalue weighted by molar-refractivity contribution is -0.138. The quantitative estimate of drug-likeness (QED) is 0.906. The van der Waals surface area contributed by atoms with Gasteiger partial charge in [0.2, 0.25) is 5.91 Å². The zero-order valence-corrected chi connectivity index (χ0v) is 15.4. The van der Waals surface area contributed by atoms with Crippen LogP contribution in [-0.2, 0) is 16.6 Å². The first-order valence-electron chi connectivity index (χ1n) is 9.68. The van der Waals surface area contributed by atoms with E-state index in [2.05, 4.69) is 10.3 Å². The molecule has 0 bridgehead atoms. The van der Waals surface area contributed by atoms with E-state index in [1.165, 1.54) is 19.3 Å². The zero-order chi connectivity index (χ0) is 17.4. The second-order valence-electron chi connectivity index (χ2n) is 8.13. The third-order valence-electron chi connectivity index (χ3n) is 6.54. The summed E-state index contributed by atoms with van der Waals surface area (Å²) in [5.74, 6) is 1.62. The van der Waals surface area contributed by atoms with Gasteiger partial charge in [0, 0.05) is 52.1 Å². The Balaban J connectivity index is 1.43. The summed E-state index contributed by atoms with van der Waals surface area (Å²) in [7, 11) is 3.93. The summed E-state index contributed by atoms with van der Waals surface area (Å²) in [6.45, 7) is 1.82. The standard InChI is InChI=1S/C19H30N4O2/c1-22-10-9-20-18(22)17-14(4-5-16(24)23(17)2)13-21-15-6-11-25-19(12-15)7-3-8-19/h9-10,14-15,17,21H,3-8,11-13H2,1-2H3/t14-,15?,17+/m1/s1. The van der Waals surface area contributed by atoms with Crippen LogP contribution in [0.3, 0.4) is 0 Å². The summed E-state index contributed by atoms with van der Waals surface area (Å²) in [5, 5.41) is 3.81. The van der Waals surface area contributed by atoms with Gasteiger partial charge in [-0.1, -0.05) is 0 Å². The summed E-state index contributed by atoms with van der Waals surface area (Å²) in [6.07, 6.45) is 11.4. The van der Waals surface area contributed by atoms with Crippen LogP contribution in [0.5, 0.6) is 0 Å². The van der Waals surface area contributed by atoms with Crippen LogP contribution >= 0.6 is 0 Å². The molecule has 3 heterocycles. The Bertz CT molecular complexity index is 625. The van der Waals surface area contributed by atoms with Gasteiger partial charge in [-0.05, 0) is 44.4 Å². The van der Waals surface area contributed by atoms with Crippen molar-refractivity contribution in [1.29, 1.82) is 0 Å². The van der Waals surface area contributed by atoms with E-state index in [1.54, 1.807) is 0 Å². The number of nitrogens with zero attached hydrogens (tertiary/aromatic N) is 3. The minimum absolute atomic E-state index is 0.0613. The van der Waals surface area contributed by atoms with E-state index in [1.807, 2.05) is 36.0 Å². The van der Waals surface area contributed by atoms with Crippen molar-refractivity contribution in [3.63, 3.8) is 0 Å². The monoisotopic (exact) mass is 346 g/mol. The zero-order valence-electron chi connectivity index (χ0n) is 15.4. The molecule has 25 heavy (non-hydrogen) atoms. The number of likely N-dealkylation sites (tertiary alicyclic amines) is 1. The number of hydrogen-bond acceptors (Lipinski definition) is 4. The Morgan fingerprint density at radius 3 is 2.88 bits per heavy atom. The molecule has 4 rings (SSSR count). The van der Waals surface area contributed by atoms with Crippen LogP contribution in [0.15, 0.2) is 12.4 Å². The molecule has 2 saturated heterocycles. The molecule has 6 heteroatoms. The van der Waals surface area contributed by atoms with Crippen molar-refractivity contribution in [3.05, 3.63) is 18.2 Å². The van der Waals surface area contributed by atoms with Crippen LogP contribution in [-0.4, -0.2) is 52.2 Å². The van der Waals surface area contributed by atoms with Gasteiger partial charge in [-0.2, -0.15) is 0 Å². The van der Waals surface area contributed by atoms with Gasteiger partial charge >= 0.3 is 0 Å². The molecule has 3 aliphatic rings. The number of carbonyl (C=O) groups is 1. The molecule has 138 valence electrons. The summed E-state index contributed by atoms with van der Waals surface area (Å²) >= 11 is 0. The number of amides is 1. The smallest absolute Gasteiger partial charge is 0.222 e. The van der Waals surface area contributed by atoms with Crippen molar-refractivity contribution < 1.29 is 9.53 Å². The van der Waals surface area contributed by atoms with E-state index in [4.69, 9.17) is 4.74 Å². The van der Waals surface area contributed by atoms with Gasteiger partial charge in [-0.25, -0.2) is 4.98 Å². The number of piperidine rings is 1. The summed E-state index contributed by atoms with van der Waals surface area (Å²) in [5.41, 5.74) is 0.175. The van der Waals surface area contributed by atoms with Gasteiger partial charge in [0.15, 0.2) is 0 Å². The number of ether oxygens (including phenoxy) is 1. The molecule has 0 aromatic carbocycles. The van der Waals surface area contributed by atoms with Gasteiger partial charge in [-0.15, -0.1) is 0 Å². The van der Waals surface area contributed by atoms with Crippen LogP contribution in [0, 0.1) is 5.92 Å². The first kappa shape index (κ1) is 17.0. The Kier molecular flexibility index (Phi) is 4.58. The number of nitrogens with one attached hydrogen (secondary N) is 1. The largest absolute Gasteiger partial charge is 0.375 e. The molecule has 0 radical (unpaired) electrons. The number of hydrogen-bond donors (Lipinski definition) is 1. The Morgan fingerprint density at radius 1 is 1.36 bits per heavy atom. The fourth-order valence-electron chi connectivity index (χ4n) is 4.81. The molecule has 1 spiro atoms. The van der Waals surface area contributed by atoms with Crippen LogP contribution in [0.25, 0.3) is 0 Å². The van der Waals surface area contributed by atoms with Gasteiger partial charge in [0.05, 0.1) is 11.6 Å². The molecular weight excluding hydrogens is 316 g/mol. The van der Waals surface area contributed by atoms with E-state index in [0.29, 0.717) is 18.4 Å². The van der Waals surface area contributed by atoms with Gasteiger partial charge in [0.25, 0.3) is 0 Å². The Morgan fingerprint density at radius 2 is 2.20 bits per heavy atom. The highest BCUT2D eigenvalue weighted by Gasteiger charge is 2.43. The molecule has 1 aromatic heterocycles. The van der Waals surface area contributed by atoms with Crippen molar-refractivity contribution in [2.45, 2.75) is 62.6 Å². The third kappa shape index (κ3) is 3.22. The van der Waals surface area contributed by atoms with Crippen molar-refractivity contribution in [3.8, 4) is 0 Å². The van der Waals surface area contributed by atoms with Crippen molar-refractivity contribution in [1.82, 2.24) is 19.8 Å². The molecule has 2 aliphatic heterocycles. The molecule has 1 N–H and O–H groups in total. The fraction of sp³-hybridized carbons (Fsp3) is 0.789. The predicted molar refractivity (Wildman–Crippen MR) is 95.0 cm³/mol. The van der Waals surface area contributed by atoms with Gasteiger partial charge < -0.3 is 19.5 Å². The first-order chi connectivity index (χ1) is 12.1. The van der Waals surface area contributed by atoms with Crippen LogP contribution in [0.2, 0.25) is 0 Å². The molecule has 6 nitrogen and oxygen atoms in total. The molecule has 1 saturated carbocycles. The van der Waals surface area contributed by atoms with E-state index in [9.17, 15) is 4.79 Å². The summed E-state index contributed by atoms with van der Waals surface area (Å²) < 4.78 is 8.09. The molecular formula is C19H30N4O2. The maximum atomic E-state index is 12.2. The lowest BCUT2D eigenvalue weighted by atomic mass is 9.74. The second-order valence-corrected chi connectivity index (χ2v) is 8.13. The average Bonchev–Trinajstić information content (AvgIpc) is 3.00. The minimum atomic E-state index is 0.0613. The number of aromatic nitrogens is 2. The molecule has 1 aromatic rings. The third-order valence-corrected chi connectivity index (χ3v) is 6.54. The highest BCUT2D eigenvalue weighted by atomic mass is 16.5. The molecule has 3 atom stereocenters. The summed E-state index contributed by atoms with van der Waals surface area (Å²) in [4.78, 5) is 18.7. The average molecular weight is 346 g/mol. The normalized spacial score (nSPS) is 32.0. The predicted octanol–water partition coefficient (Wildman–Crippen LogP) is 2.02. The van der Waals surface area contributed by atoms with E-state index in [-0.39, 0.29) is 17.6 Å². The molecule has 1 amide bonds. The molecule has 3 fully saturated rings. The first-order valence-corrected chi connectivity index (χ1v) is 9.68. The highest BCUT2D eigenvalue weighted by molar-refractivity contribution is 5.77. The maximum absolute atomic E-state index is 12.2. The minimum Gasteiger partial charge on any atom is -0.375 e. The fourth-order valence-corrected chi connectivity index (χ4v) is 4.81. The van der Waals surface area contributed by atoms with E-state index >= 15 is 0 Å². The topological polar surface area (TPSA) is 59.4 Å². The van der Waals surface area contributed by atoms with Crippen LogP contribution in [0.4, 0.5) is 0 Å². The number of imidazole rings is 1. The van der Waals surface area contributed by atoms with Crippen molar-refractivity contribution >= 4 is 5.91 Å². The lowest BCUT2D eigenvalue weighted by Gasteiger charge is -2.48. The van der Waals surface area contributed by atoms with Gasteiger partial charge in [0.1, 0.15) is 5.82 Å². The highest BCUT2D eigenvalue weighted by Crippen LogP contribution is 2.42. The van der Waals surface area contributed by atoms with Crippen LogP contribution < -0.4 is 5.32 Å². The second kappa shape index (κ2) is 6.72. The Labute approximate surface area is 149 Å². The van der Waals surface area contributed by atoms with E-state index < -0.39 is 0 Å². The maximum Gasteiger partial charge on any atom is 0.222 e. The van der Waals surface area contributed by atoms with Crippen LogP contribution in [0.1, 0.15) is 56.8 Å². The van der Waals surface area contributed by atoms with E-state index in [0.717, 1.165) is 38.2 Å². The van der Waals surface area contributed by atoms with Crippen molar-refractivity contribution in [2.75, 3.05) is 20.2 Å².